The first-order valence-corrected chi connectivity index (χ1v) is 8.76. The maximum Gasteiger partial charge on any atom is 0.251 e. The zero-order valence-electron chi connectivity index (χ0n) is 15.2. The van der Waals surface area contributed by atoms with E-state index in [1.807, 2.05) is 37.3 Å². The van der Waals surface area contributed by atoms with Crippen LogP contribution in [-0.4, -0.2) is 36.6 Å². The van der Waals surface area contributed by atoms with Gasteiger partial charge in [0.15, 0.2) is 0 Å². The first-order chi connectivity index (χ1) is 12.6. The van der Waals surface area contributed by atoms with Gasteiger partial charge in [-0.05, 0) is 37.5 Å². The Morgan fingerprint density at radius 1 is 1.46 bits per heavy atom. The number of amides is 1. The average Bonchev–Trinajstić information content (AvgIpc) is 2.66. The molecule has 1 aromatic carbocycles. The van der Waals surface area contributed by atoms with Crippen LogP contribution in [0.4, 0.5) is 5.95 Å². The molecule has 0 bridgehead atoms. The number of hydrogen-bond donors (Lipinski definition) is 1. The second-order valence-electron chi connectivity index (χ2n) is 6.51. The van der Waals surface area contributed by atoms with E-state index in [-0.39, 0.29) is 11.9 Å². The van der Waals surface area contributed by atoms with E-state index in [9.17, 15) is 4.79 Å². The number of rotatable bonds is 6. The van der Waals surface area contributed by atoms with Gasteiger partial charge in [0.25, 0.3) is 5.91 Å². The predicted octanol–water partition coefficient (Wildman–Crippen LogP) is 2.91. The van der Waals surface area contributed by atoms with Gasteiger partial charge in [-0.15, -0.1) is 0 Å². The van der Waals surface area contributed by atoms with E-state index < -0.39 is 0 Å². The zero-order valence-corrected chi connectivity index (χ0v) is 15.2. The molecule has 1 heterocycles. The number of ether oxygens (including phenoxy) is 1. The van der Waals surface area contributed by atoms with E-state index in [2.05, 4.69) is 21.9 Å². The van der Waals surface area contributed by atoms with Gasteiger partial charge in [-0.1, -0.05) is 18.7 Å². The molecule has 6 heteroatoms. The van der Waals surface area contributed by atoms with Crippen molar-refractivity contribution in [2.75, 3.05) is 25.6 Å². The van der Waals surface area contributed by atoms with E-state index >= 15 is 0 Å². The summed E-state index contributed by atoms with van der Waals surface area (Å²) in [5, 5.41) is 3.12. The van der Waals surface area contributed by atoms with E-state index in [1.165, 1.54) is 0 Å². The van der Waals surface area contributed by atoms with Gasteiger partial charge in [-0.2, -0.15) is 0 Å². The molecule has 0 saturated carbocycles. The number of carbonyl (C=O) groups excluding carboxylic acids is 1. The van der Waals surface area contributed by atoms with Crippen molar-refractivity contribution in [1.82, 2.24) is 15.3 Å². The van der Waals surface area contributed by atoms with Gasteiger partial charge < -0.3 is 15.0 Å². The number of fused-ring (bicyclic) bond motifs is 1. The van der Waals surface area contributed by atoms with Gasteiger partial charge in [-0.3, -0.25) is 4.79 Å². The molecule has 1 aliphatic carbocycles. The maximum atomic E-state index is 12.7. The van der Waals surface area contributed by atoms with Crippen molar-refractivity contribution in [2.45, 2.75) is 25.3 Å². The van der Waals surface area contributed by atoms with Crippen molar-refractivity contribution in [2.24, 2.45) is 0 Å². The van der Waals surface area contributed by atoms with Crippen LogP contribution in [0.25, 0.3) is 0 Å². The fourth-order valence-electron chi connectivity index (χ4n) is 3.03. The molecule has 0 unspecified atom stereocenters. The fraction of sp³-hybridized carbons (Fsp3) is 0.350. The molecule has 0 fully saturated rings. The van der Waals surface area contributed by atoms with Gasteiger partial charge >= 0.3 is 0 Å². The average molecular weight is 352 g/mol. The van der Waals surface area contributed by atoms with E-state index in [0.717, 1.165) is 30.5 Å². The van der Waals surface area contributed by atoms with Crippen molar-refractivity contribution in [3.63, 3.8) is 0 Å². The van der Waals surface area contributed by atoms with Gasteiger partial charge in [-0.25, -0.2) is 9.97 Å². The molecule has 2 aromatic rings. The molecule has 1 N–H and O–H groups in total. The maximum absolute atomic E-state index is 12.7. The molecule has 6 nitrogen and oxygen atoms in total. The molecule has 1 amide bonds. The lowest BCUT2D eigenvalue weighted by Gasteiger charge is -2.26. The number of hydrogen-bond acceptors (Lipinski definition) is 5. The summed E-state index contributed by atoms with van der Waals surface area (Å²) in [7, 11) is 3.84. The summed E-state index contributed by atoms with van der Waals surface area (Å²) < 4.78 is 5.51. The standard InChI is InChI=1S/C20H24N4O2/c1-4-11-26-15-8-5-7-14(12-15)19(25)22-17-9-6-10-18-16(17)13-21-20(23-18)24(2)3/h4-5,7-8,12-13,17H,1,6,9-11H2,2-3H3,(H,22,25)/t17-/m1/s1. The second kappa shape index (κ2) is 7.99. The van der Waals surface area contributed by atoms with Crippen molar-refractivity contribution in [3.8, 4) is 5.75 Å². The highest BCUT2D eigenvalue weighted by Crippen LogP contribution is 2.29. The summed E-state index contributed by atoms with van der Waals surface area (Å²) in [5.41, 5.74) is 2.60. The Bertz CT molecular complexity index is 804. The molecule has 1 aliphatic rings. The first kappa shape index (κ1) is 17.9. The molecule has 1 aromatic heterocycles. The topological polar surface area (TPSA) is 67.3 Å². The molecule has 0 spiro atoms. The Hall–Kier alpha value is -2.89. The number of aromatic nitrogens is 2. The minimum Gasteiger partial charge on any atom is -0.490 e. The summed E-state index contributed by atoms with van der Waals surface area (Å²) in [5.74, 6) is 1.23. The van der Waals surface area contributed by atoms with Crippen molar-refractivity contribution in [3.05, 3.63) is 59.9 Å². The molecule has 26 heavy (non-hydrogen) atoms. The summed E-state index contributed by atoms with van der Waals surface area (Å²) in [4.78, 5) is 23.6. The van der Waals surface area contributed by atoms with Crippen LogP contribution in [0, 0.1) is 0 Å². The van der Waals surface area contributed by atoms with Crippen LogP contribution in [0.15, 0.2) is 43.1 Å². The number of benzene rings is 1. The van der Waals surface area contributed by atoms with Crippen molar-refractivity contribution >= 4 is 11.9 Å². The quantitative estimate of drug-likeness (QED) is 0.810. The van der Waals surface area contributed by atoms with Gasteiger partial charge in [0.1, 0.15) is 12.4 Å². The Morgan fingerprint density at radius 2 is 2.31 bits per heavy atom. The Kier molecular flexibility index (Phi) is 5.51. The molecule has 0 radical (unpaired) electrons. The third-order valence-corrected chi connectivity index (χ3v) is 4.34. The highest BCUT2D eigenvalue weighted by molar-refractivity contribution is 5.94. The lowest BCUT2D eigenvalue weighted by atomic mass is 9.92. The number of nitrogens with zero attached hydrogens (tertiary/aromatic N) is 3. The van der Waals surface area contributed by atoms with Crippen LogP contribution in [0.1, 0.15) is 40.5 Å². The minimum atomic E-state index is -0.122. The minimum absolute atomic E-state index is 0.0692. The Balaban J connectivity index is 1.76. The first-order valence-electron chi connectivity index (χ1n) is 8.76. The monoisotopic (exact) mass is 352 g/mol. The lowest BCUT2D eigenvalue weighted by molar-refractivity contribution is 0.0932. The van der Waals surface area contributed by atoms with E-state index in [4.69, 9.17) is 4.74 Å². The summed E-state index contributed by atoms with van der Waals surface area (Å²) in [6.45, 7) is 4.04. The third kappa shape index (κ3) is 4.02. The van der Waals surface area contributed by atoms with Gasteiger partial charge in [0.2, 0.25) is 5.95 Å². The summed E-state index contributed by atoms with van der Waals surface area (Å²) >= 11 is 0. The Morgan fingerprint density at radius 3 is 3.08 bits per heavy atom. The molecule has 136 valence electrons. The molecular weight excluding hydrogens is 328 g/mol. The van der Waals surface area contributed by atoms with Gasteiger partial charge in [0, 0.05) is 31.4 Å². The Labute approximate surface area is 153 Å². The van der Waals surface area contributed by atoms with E-state index in [0.29, 0.717) is 23.9 Å². The van der Waals surface area contributed by atoms with E-state index in [1.54, 1.807) is 18.2 Å². The van der Waals surface area contributed by atoms with Crippen LogP contribution in [-0.2, 0) is 6.42 Å². The number of anilines is 1. The van der Waals surface area contributed by atoms with Crippen molar-refractivity contribution < 1.29 is 9.53 Å². The summed E-state index contributed by atoms with van der Waals surface area (Å²) in [6, 6.07) is 7.10. The number of nitrogens with one attached hydrogen (secondary N) is 1. The molecule has 1 atom stereocenters. The highest BCUT2D eigenvalue weighted by Gasteiger charge is 2.24. The number of aryl methyl sites for hydroxylation is 1. The van der Waals surface area contributed by atoms with Gasteiger partial charge in [0.05, 0.1) is 11.7 Å². The number of carbonyl (C=O) groups is 1. The normalized spacial score (nSPS) is 15.7. The van der Waals surface area contributed by atoms with Crippen LogP contribution in [0.2, 0.25) is 0 Å². The fourth-order valence-corrected chi connectivity index (χ4v) is 3.03. The highest BCUT2D eigenvalue weighted by atomic mass is 16.5. The smallest absolute Gasteiger partial charge is 0.251 e. The molecule has 0 saturated heterocycles. The molecule has 0 aliphatic heterocycles. The van der Waals surface area contributed by atoms with Crippen LogP contribution in [0.3, 0.4) is 0 Å². The van der Waals surface area contributed by atoms with Crippen LogP contribution in [0.5, 0.6) is 5.75 Å². The van der Waals surface area contributed by atoms with Crippen molar-refractivity contribution in [1.29, 1.82) is 0 Å². The SMILES string of the molecule is C=CCOc1cccc(C(=O)N[C@@H]2CCCc3nc(N(C)C)ncc32)c1. The predicted molar refractivity (Wildman–Crippen MR) is 102 cm³/mol. The third-order valence-electron chi connectivity index (χ3n) is 4.34. The van der Waals surface area contributed by atoms with Crippen LogP contribution < -0.4 is 15.0 Å². The molecular formula is C20H24N4O2. The van der Waals surface area contributed by atoms with Crippen LogP contribution >= 0.6 is 0 Å². The largest absolute Gasteiger partial charge is 0.490 e. The second-order valence-corrected chi connectivity index (χ2v) is 6.51. The molecule has 3 rings (SSSR count). The zero-order chi connectivity index (χ0) is 18.5. The lowest BCUT2D eigenvalue weighted by Crippen LogP contribution is -2.31. The summed E-state index contributed by atoms with van der Waals surface area (Å²) in [6.07, 6.45) is 6.30.